The summed E-state index contributed by atoms with van der Waals surface area (Å²) in [7, 11) is 0. The molecule has 4 nitrogen and oxygen atoms in total. The van der Waals surface area contributed by atoms with Crippen molar-refractivity contribution in [2.45, 2.75) is 64.5 Å². The summed E-state index contributed by atoms with van der Waals surface area (Å²) in [6.07, 6.45) is 5.52. The van der Waals surface area contributed by atoms with Gasteiger partial charge in [-0.2, -0.15) is 0 Å². The zero-order valence-electron chi connectivity index (χ0n) is 12.0. The van der Waals surface area contributed by atoms with Crippen LogP contribution in [0.15, 0.2) is 0 Å². The highest BCUT2D eigenvalue weighted by Crippen LogP contribution is 2.18. The standard InChI is InChI=1S/C14H28N2O2/c1-11(2)8-14(3,10-17)15-9-13(18)16-12-6-4-5-7-12/h11-12,15,17H,4-10H2,1-3H3,(H,16,18)/t14-/m1/s1. The molecule has 1 saturated carbocycles. The monoisotopic (exact) mass is 256 g/mol. The molecule has 0 unspecified atom stereocenters. The van der Waals surface area contributed by atoms with E-state index in [9.17, 15) is 9.90 Å². The third-order valence-electron chi connectivity index (χ3n) is 3.60. The van der Waals surface area contributed by atoms with Crippen LogP contribution in [-0.4, -0.2) is 35.7 Å². The Kier molecular flexibility index (Phi) is 6.09. The molecule has 0 aromatic heterocycles. The molecule has 0 aromatic carbocycles. The Balaban J connectivity index is 2.30. The predicted octanol–water partition coefficient (Wildman–Crippen LogP) is 1.43. The van der Waals surface area contributed by atoms with Crippen molar-refractivity contribution < 1.29 is 9.90 Å². The summed E-state index contributed by atoms with van der Waals surface area (Å²) in [5.74, 6) is 0.540. The number of aliphatic hydroxyl groups is 1. The highest BCUT2D eigenvalue weighted by molar-refractivity contribution is 5.78. The van der Waals surface area contributed by atoms with E-state index in [2.05, 4.69) is 24.5 Å². The first-order valence-electron chi connectivity index (χ1n) is 7.10. The molecule has 0 saturated heterocycles. The normalized spacial score (nSPS) is 20.1. The molecule has 3 N–H and O–H groups in total. The van der Waals surface area contributed by atoms with Crippen LogP contribution >= 0.6 is 0 Å². The van der Waals surface area contributed by atoms with Crippen LogP contribution in [0.3, 0.4) is 0 Å². The Labute approximate surface area is 111 Å². The Bertz CT molecular complexity index is 263. The highest BCUT2D eigenvalue weighted by atomic mass is 16.3. The van der Waals surface area contributed by atoms with Crippen LogP contribution in [0, 0.1) is 5.92 Å². The Morgan fingerprint density at radius 2 is 2.00 bits per heavy atom. The first kappa shape index (κ1) is 15.4. The number of carbonyl (C=O) groups is 1. The predicted molar refractivity (Wildman–Crippen MR) is 73.3 cm³/mol. The molecule has 0 bridgehead atoms. The van der Waals surface area contributed by atoms with Gasteiger partial charge in [-0.15, -0.1) is 0 Å². The smallest absolute Gasteiger partial charge is 0.234 e. The van der Waals surface area contributed by atoms with Gasteiger partial charge >= 0.3 is 0 Å². The van der Waals surface area contributed by atoms with E-state index < -0.39 is 0 Å². The largest absolute Gasteiger partial charge is 0.394 e. The van der Waals surface area contributed by atoms with E-state index >= 15 is 0 Å². The van der Waals surface area contributed by atoms with Gasteiger partial charge in [-0.25, -0.2) is 0 Å². The van der Waals surface area contributed by atoms with Gasteiger partial charge in [0.2, 0.25) is 5.91 Å². The van der Waals surface area contributed by atoms with Crippen LogP contribution in [0.2, 0.25) is 0 Å². The van der Waals surface area contributed by atoms with Crippen molar-refractivity contribution in [2.24, 2.45) is 5.92 Å². The van der Waals surface area contributed by atoms with E-state index in [1.807, 2.05) is 6.92 Å². The molecule has 0 heterocycles. The van der Waals surface area contributed by atoms with Gasteiger partial charge in [-0.1, -0.05) is 26.7 Å². The number of rotatable bonds is 7. The maximum atomic E-state index is 11.8. The van der Waals surface area contributed by atoms with E-state index in [1.54, 1.807) is 0 Å². The quantitative estimate of drug-likeness (QED) is 0.646. The van der Waals surface area contributed by atoms with E-state index in [-0.39, 0.29) is 18.1 Å². The Morgan fingerprint density at radius 3 is 2.50 bits per heavy atom. The van der Waals surface area contributed by atoms with E-state index in [4.69, 9.17) is 0 Å². The topological polar surface area (TPSA) is 61.4 Å². The van der Waals surface area contributed by atoms with Gasteiger partial charge in [0.25, 0.3) is 0 Å². The lowest BCUT2D eigenvalue weighted by Crippen LogP contribution is -2.51. The molecular formula is C14H28N2O2. The van der Waals surface area contributed by atoms with E-state index in [0.717, 1.165) is 19.3 Å². The fraction of sp³-hybridized carbons (Fsp3) is 0.929. The molecule has 1 rings (SSSR count). The van der Waals surface area contributed by atoms with Crippen LogP contribution in [0.1, 0.15) is 52.9 Å². The van der Waals surface area contributed by atoms with Crippen molar-refractivity contribution in [2.75, 3.05) is 13.2 Å². The molecule has 0 aliphatic heterocycles. The maximum Gasteiger partial charge on any atom is 0.234 e. The van der Waals surface area contributed by atoms with Crippen LogP contribution in [-0.2, 0) is 4.79 Å². The van der Waals surface area contributed by atoms with Crippen LogP contribution < -0.4 is 10.6 Å². The second kappa shape index (κ2) is 7.10. The zero-order valence-corrected chi connectivity index (χ0v) is 12.0. The first-order valence-corrected chi connectivity index (χ1v) is 7.10. The molecule has 1 fully saturated rings. The summed E-state index contributed by atoms with van der Waals surface area (Å²) in [6, 6.07) is 0.366. The number of aliphatic hydroxyl groups excluding tert-OH is 1. The lowest BCUT2D eigenvalue weighted by atomic mass is 9.91. The van der Waals surface area contributed by atoms with Gasteiger partial charge < -0.3 is 15.7 Å². The second-order valence-electron chi connectivity index (χ2n) is 6.22. The van der Waals surface area contributed by atoms with Crippen LogP contribution in [0.4, 0.5) is 0 Å². The minimum atomic E-state index is -0.360. The average molecular weight is 256 g/mol. The van der Waals surface area contributed by atoms with Gasteiger partial charge in [-0.05, 0) is 32.1 Å². The minimum Gasteiger partial charge on any atom is -0.394 e. The highest BCUT2D eigenvalue weighted by Gasteiger charge is 2.25. The fourth-order valence-corrected chi connectivity index (χ4v) is 2.74. The van der Waals surface area contributed by atoms with Gasteiger partial charge in [0.1, 0.15) is 0 Å². The zero-order chi connectivity index (χ0) is 13.6. The molecule has 0 radical (unpaired) electrons. The van der Waals surface area contributed by atoms with Crippen molar-refractivity contribution in [1.82, 2.24) is 10.6 Å². The maximum absolute atomic E-state index is 11.8. The molecule has 1 atom stereocenters. The number of hydrogen-bond donors (Lipinski definition) is 3. The molecule has 18 heavy (non-hydrogen) atoms. The third-order valence-corrected chi connectivity index (χ3v) is 3.60. The molecule has 4 heteroatoms. The van der Waals surface area contributed by atoms with Crippen LogP contribution in [0.5, 0.6) is 0 Å². The van der Waals surface area contributed by atoms with Crippen molar-refractivity contribution in [1.29, 1.82) is 0 Å². The lowest BCUT2D eigenvalue weighted by molar-refractivity contribution is -0.121. The molecule has 0 aromatic rings. The van der Waals surface area contributed by atoms with E-state index in [0.29, 0.717) is 18.5 Å². The van der Waals surface area contributed by atoms with Gasteiger partial charge in [0.05, 0.1) is 13.2 Å². The minimum absolute atomic E-state index is 0.0466. The van der Waals surface area contributed by atoms with E-state index in [1.165, 1.54) is 12.8 Å². The Morgan fingerprint density at radius 1 is 1.39 bits per heavy atom. The average Bonchev–Trinajstić information content (AvgIpc) is 2.78. The van der Waals surface area contributed by atoms with Crippen molar-refractivity contribution >= 4 is 5.91 Å². The number of carbonyl (C=O) groups excluding carboxylic acids is 1. The molecule has 1 amide bonds. The number of amides is 1. The summed E-state index contributed by atoms with van der Waals surface area (Å²) >= 11 is 0. The van der Waals surface area contributed by atoms with Gasteiger partial charge in [0, 0.05) is 11.6 Å². The van der Waals surface area contributed by atoms with Crippen molar-refractivity contribution in [3.05, 3.63) is 0 Å². The number of nitrogens with one attached hydrogen (secondary N) is 2. The summed E-state index contributed by atoms with van der Waals surface area (Å²) in [5.41, 5.74) is -0.360. The second-order valence-corrected chi connectivity index (χ2v) is 6.22. The SMILES string of the molecule is CC(C)C[C@](C)(CO)NCC(=O)NC1CCCC1. The van der Waals surface area contributed by atoms with Crippen molar-refractivity contribution in [3.63, 3.8) is 0 Å². The number of hydrogen-bond acceptors (Lipinski definition) is 3. The third kappa shape index (κ3) is 5.36. The Hall–Kier alpha value is -0.610. The van der Waals surface area contributed by atoms with Crippen LogP contribution in [0.25, 0.3) is 0 Å². The molecular weight excluding hydrogens is 228 g/mol. The molecule has 1 aliphatic carbocycles. The summed E-state index contributed by atoms with van der Waals surface area (Å²) in [4.78, 5) is 11.8. The molecule has 1 aliphatic rings. The first-order chi connectivity index (χ1) is 8.45. The fourth-order valence-electron chi connectivity index (χ4n) is 2.74. The summed E-state index contributed by atoms with van der Waals surface area (Å²) in [5, 5.41) is 15.7. The lowest BCUT2D eigenvalue weighted by Gasteiger charge is -2.30. The molecule has 0 spiro atoms. The van der Waals surface area contributed by atoms with Gasteiger partial charge in [-0.3, -0.25) is 4.79 Å². The van der Waals surface area contributed by atoms with Gasteiger partial charge in [0.15, 0.2) is 0 Å². The molecule has 106 valence electrons. The summed E-state index contributed by atoms with van der Waals surface area (Å²) < 4.78 is 0. The summed E-state index contributed by atoms with van der Waals surface area (Å²) in [6.45, 7) is 6.56. The van der Waals surface area contributed by atoms with Crippen molar-refractivity contribution in [3.8, 4) is 0 Å².